The molecule has 1 heterocycles. The number of hydrogen-bond donors (Lipinski definition) is 0. The molecule has 0 N–H and O–H groups in total. The highest BCUT2D eigenvalue weighted by atomic mass is 35.5. The van der Waals surface area contributed by atoms with E-state index in [1.165, 1.54) is 0 Å². The van der Waals surface area contributed by atoms with Crippen LogP contribution >= 0.6 is 11.6 Å². The summed E-state index contributed by atoms with van der Waals surface area (Å²) in [6.07, 6.45) is 0.925. The molecule has 0 aromatic heterocycles. The molecule has 2 rings (SSSR count). The molecule has 0 aliphatic carbocycles. The third-order valence-electron chi connectivity index (χ3n) is 4.40. The largest absolute Gasteiger partial charge is 0.243 e. The van der Waals surface area contributed by atoms with Crippen molar-refractivity contribution in [2.45, 2.75) is 38.0 Å². The topological polar surface area (TPSA) is 37.4 Å². The highest BCUT2D eigenvalue weighted by molar-refractivity contribution is 7.89. The number of sulfonamides is 1. The molecule has 1 fully saturated rings. The van der Waals surface area contributed by atoms with Crippen LogP contribution in [0.25, 0.3) is 0 Å². The summed E-state index contributed by atoms with van der Waals surface area (Å²) in [7, 11) is -3.39. The predicted molar refractivity (Wildman–Crippen MR) is 82.4 cm³/mol. The molecule has 0 bridgehead atoms. The van der Waals surface area contributed by atoms with Gasteiger partial charge in [-0.2, -0.15) is 4.31 Å². The van der Waals surface area contributed by atoms with E-state index in [1.54, 1.807) is 16.4 Å². The Morgan fingerprint density at radius 1 is 1.30 bits per heavy atom. The Balaban J connectivity index is 2.31. The van der Waals surface area contributed by atoms with Gasteiger partial charge in [-0.15, -0.1) is 11.6 Å². The smallest absolute Gasteiger partial charge is 0.207 e. The van der Waals surface area contributed by atoms with Crippen LogP contribution < -0.4 is 0 Å². The van der Waals surface area contributed by atoms with Crippen LogP contribution in [0.5, 0.6) is 0 Å². The quantitative estimate of drug-likeness (QED) is 0.802. The van der Waals surface area contributed by atoms with Crippen LogP contribution in [0.2, 0.25) is 0 Å². The molecule has 1 aromatic carbocycles. The summed E-state index contributed by atoms with van der Waals surface area (Å²) < 4.78 is 27.0. The number of aryl methyl sites for hydroxylation is 1. The first kappa shape index (κ1) is 15.8. The van der Waals surface area contributed by atoms with Crippen molar-refractivity contribution in [1.82, 2.24) is 4.31 Å². The zero-order valence-corrected chi connectivity index (χ0v) is 13.8. The summed E-state index contributed by atoms with van der Waals surface area (Å²) in [6, 6.07) is 5.23. The lowest BCUT2D eigenvalue weighted by molar-refractivity contribution is 0.212. The average molecular weight is 316 g/mol. The van der Waals surface area contributed by atoms with Gasteiger partial charge in [-0.25, -0.2) is 8.42 Å². The second kappa shape index (κ2) is 6.04. The molecule has 2 atom stereocenters. The second-order valence-corrected chi connectivity index (χ2v) is 8.03. The number of benzene rings is 1. The monoisotopic (exact) mass is 315 g/mol. The van der Waals surface area contributed by atoms with Gasteiger partial charge in [-0.3, -0.25) is 0 Å². The van der Waals surface area contributed by atoms with Gasteiger partial charge in [0.15, 0.2) is 0 Å². The molecule has 0 amide bonds. The molecule has 0 radical (unpaired) electrons. The molecule has 3 nitrogen and oxygen atoms in total. The van der Waals surface area contributed by atoms with Gasteiger partial charge >= 0.3 is 0 Å². The molecule has 1 aromatic rings. The van der Waals surface area contributed by atoms with Gasteiger partial charge in [0.2, 0.25) is 10.0 Å². The van der Waals surface area contributed by atoms with Crippen LogP contribution in [0, 0.1) is 18.8 Å². The van der Waals surface area contributed by atoms with E-state index in [9.17, 15) is 8.42 Å². The maximum atomic E-state index is 12.7. The van der Waals surface area contributed by atoms with E-state index in [2.05, 4.69) is 13.8 Å². The third-order valence-corrected chi connectivity index (χ3v) is 6.55. The SMILES string of the molecule is Cc1ccc(S(=O)(=O)N2CCC(C)C(C)C2)cc1CCl. The normalized spacial score (nSPS) is 24.8. The summed E-state index contributed by atoms with van der Waals surface area (Å²) >= 11 is 5.87. The van der Waals surface area contributed by atoms with Crippen LogP contribution in [0.1, 0.15) is 31.4 Å². The number of alkyl halides is 1. The fraction of sp³-hybridized carbons (Fsp3) is 0.600. The first-order chi connectivity index (χ1) is 9.36. The number of nitrogens with zero attached hydrogens (tertiary/aromatic N) is 1. The van der Waals surface area contributed by atoms with Gasteiger partial charge in [0.1, 0.15) is 0 Å². The maximum Gasteiger partial charge on any atom is 0.243 e. The number of hydrogen-bond acceptors (Lipinski definition) is 2. The molecule has 2 unspecified atom stereocenters. The summed E-state index contributed by atoms with van der Waals surface area (Å²) in [5.74, 6) is 1.32. The van der Waals surface area contributed by atoms with Crippen molar-refractivity contribution >= 4 is 21.6 Å². The average Bonchev–Trinajstić information content (AvgIpc) is 2.42. The van der Waals surface area contributed by atoms with Crippen molar-refractivity contribution in [2.24, 2.45) is 11.8 Å². The van der Waals surface area contributed by atoms with Gasteiger partial charge in [-0.05, 0) is 48.4 Å². The van der Waals surface area contributed by atoms with E-state index < -0.39 is 10.0 Å². The Bertz CT molecular complexity index is 586. The summed E-state index contributed by atoms with van der Waals surface area (Å²) in [5, 5.41) is 0. The summed E-state index contributed by atoms with van der Waals surface area (Å²) in [4.78, 5) is 0.362. The maximum absolute atomic E-state index is 12.7. The van der Waals surface area contributed by atoms with Gasteiger partial charge in [0.25, 0.3) is 0 Å². The third kappa shape index (κ3) is 3.02. The van der Waals surface area contributed by atoms with Crippen LogP contribution in [0.3, 0.4) is 0 Å². The highest BCUT2D eigenvalue weighted by Crippen LogP contribution is 2.28. The Hall–Kier alpha value is -0.580. The van der Waals surface area contributed by atoms with Gasteiger partial charge in [0.05, 0.1) is 4.90 Å². The molecule has 0 spiro atoms. The van der Waals surface area contributed by atoms with Crippen LogP contribution in [0.15, 0.2) is 23.1 Å². The predicted octanol–water partition coefficient (Wildman–Crippen LogP) is 3.40. The first-order valence-corrected chi connectivity index (χ1v) is 8.99. The molecule has 5 heteroatoms. The van der Waals surface area contributed by atoms with Crippen molar-refractivity contribution in [3.63, 3.8) is 0 Å². The second-order valence-electron chi connectivity index (χ2n) is 5.83. The summed E-state index contributed by atoms with van der Waals surface area (Å²) in [6.45, 7) is 7.46. The minimum absolute atomic E-state index is 0.336. The van der Waals surface area contributed by atoms with E-state index in [0.717, 1.165) is 17.5 Å². The number of piperidine rings is 1. The fourth-order valence-electron chi connectivity index (χ4n) is 2.54. The zero-order chi connectivity index (χ0) is 14.9. The molecule has 1 aliphatic heterocycles. The zero-order valence-electron chi connectivity index (χ0n) is 12.3. The summed E-state index contributed by atoms with van der Waals surface area (Å²) in [5.41, 5.74) is 1.91. The lowest BCUT2D eigenvalue weighted by Gasteiger charge is -2.34. The van der Waals surface area contributed by atoms with Gasteiger partial charge in [0, 0.05) is 19.0 Å². The minimum Gasteiger partial charge on any atom is -0.207 e. The van der Waals surface area contributed by atoms with E-state index in [1.807, 2.05) is 13.0 Å². The Kier molecular flexibility index (Phi) is 4.77. The Morgan fingerprint density at radius 2 is 2.00 bits per heavy atom. The van der Waals surface area contributed by atoms with Crippen LogP contribution in [-0.4, -0.2) is 25.8 Å². The Morgan fingerprint density at radius 3 is 2.60 bits per heavy atom. The first-order valence-electron chi connectivity index (χ1n) is 7.02. The van der Waals surface area contributed by atoms with Crippen LogP contribution in [0.4, 0.5) is 0 Å². The van der Waals surface area contributed by atoms with Crippen molar-refractivity contribution < 1.29 is 8.42 Å². The molecular weight excluding hydrogens is 294 g/mol. The molecule has 112 valence electrons. The van der Waals surface area contributed by atoms with Crippen molar-refractivity contribution in [3.05, 3.63) is 29.3 Å². The molecule has 20 heavy (non-hydrogen) atoms. The minimum atomic E-state index is -3.39. The number of rotatable bonds is 3. The molecule has 1 saturated heterocycles. The Labute approximate surface area is 127 Å². The van der Waals surface area contributed by atoms with E-state index in [-0.39, 0.29) is 0 Å². The van der Waals surface area contributed by atoms with Gasteiger partial charge in [-0.1, -0.05) is 19.9 Å². The van der Waals surface area contributed by atoms with Gasteiger partial charge < -0.3 is 0 Å². The highest BCUT2D eigenvalue weighted by Gasteiger charge is 2.31. The lowest BCUT2D eigenvalue weighted by atomic mass is 9.90. The standard InChI is InChI=1S/C15H22ClNO2S/c1-11-6-7-17(10-13(11)3)20(18,19)15-5-4-12(2)14(8-15)9-16/h4-5,8,11,13H,6-7,9-10H2,1-3H3. The fourth-order valence-corrected chi connectivity index (χ4v) is 4.44. The lowest BCUT2D eigenvalue weighted by Crippen LogP contribution is -2.42. The molecule has 0 saturated carbocycles. The van der Waals surface area contributed by atoms with Crippen molar-refractivity contribution in [2.75, 3.05) is 13.1 Å². The van der Waals surface area contributed by atoms with Crippen LogP contribution in [-0.2, 0) is 15.9 Å². The number of halogens is 1. The van der Waals surface area contributed by atoms with E-state index in [0.29, 0.717) is 35.7 Å². The van der Waals surface area contributed by atoms with E-state index in [4.69, 9.17) is 11.6 Å². The van der Waals surface area contributed by atoms with E-state index >= 15 is 0 Å². The van der Waals surface area contributed by atoms with Crippen molar-refractivity contribution in [3.8, 4) is 0 Å². The van der Waals surface area contributed by atoms with Crippen molar-refractivity contribution in [1.29, 1.82) is 0 Å². The molecule has 1 aliphatic rings. The molecular formula is C15H22ClNO2S.